The summed E-state index contributed by atoms with van der Waals surface area (Å²) in [5, 5.41) is 9.28. The number of benzene rings is 1. The fraction of sp³-hybridized carbons (Fsp3) is 0.214. The molecule has 0 spiro atoms. The van der Waals surface area contributed by atoms with Gasteiger partial charge in [0, 0.05) is 28.4 Å². The summed E-state index contributed by atoms with van der Waals surface area (Å²) in [6.45, 7) is 2.44. The Balaban J connectivity index is 1.60. The largest absolute Gasteiger partial charge is 0.352 e. The molecule has 0 aliphatic heterocycles. The van der Waals surface area contributed by atoms with Crippen LogP contribution in [0.3, 0.4) is 0 Å². The first kappa shape index (κ1) is 14.2. The predicted molar refractivity (Wildman–Crippen MR) is 85.8 cm³/mol. The average Bonchev–Trinajstić information content (AvgIpc) is 2.99. The summed E-state index contributed by atoms with van der Waals surface area (Å²) in [7, 11) is 0. The van der Waals surface area contributed by atoms with Gasteiger partial charge >= 0.3 is 0 Å². The monoisotopic (exact) mass is 364 g/mol. The molecule has 108 valence electrons. The minimum atomic E-state index is -0.0660. The minimum absolute atomic E-state index is 0.0660. The van der Waals surface area contributed by atoms with Crippen molar-refractivity contribution in [3.63, 3.8) is 0 Å². The molecular formula is C14H13BrN4OS. The van der Waals surface area contributed by atoms with Crippen LogP contribution in [0, 0.1) is 6.92 Å². The molecule has 3 aromatic rings. The number of halogens is 1. The summed E-state index contributed by atoms with van der Waals surface area (Å²) in [5.74, 6) is 0.700. The van der Waals surface area contributed by atoms with Crippen molar-refractivity contribution >= 4 is 38.1 Å². The van der Waals surface area contributed by atoms with Crippen molar-refractivity contribution in [3.05, 3.63) is 51.2 Å². The average molecular weight is 365 g/mol. The van der Waals surface area contributed by atoms with E-state index in [2.05, 4.69) is 31.3 Å². The highest BCUT2D eigenvalue weighted by atomic mass is 79.9. The summed E-state index contributed by atoms with van der Waals surface area (Å²) in [4.78, 5) is 17.2. The maximum atomic E-state index is 12.0. The van der Waals surface area contributed by atoms with Crippen LogP contribution in [-0.2, 0) is 6.42 Å². The standard InChI is InChI=1S/C14H13BrN4OS/c1-9-17-14-19(18-9)12(8-21-14)6-7-16-13(20)10-2-4-11(15)5-3-10/h2-5,8H,6-7H2,1H3,(H,16,20). The Morgan fingerprint density at radius 3 is 2.90 bits per heavy atom. The molecule has 0 aliphatic carbocycles. The van der Waals surface area contributed by atoms with E-state index in [9.17, 15) is 4.79 Å². The molecule has 1 aromatic carbocycles. The van der Waals surface area contributed by atoms with Crippen LogP contribution in [0.5, 0.6) is 0 Å². The third kappa shape index (κ3) is 3.14. The zero-order valence-electron chi connectivity index (χ0n) is 11.3. The molecule has 2 heterocycles. The molecule has 0 fully saturated rings. The van der Waals surface area contributed by atoms with E-state index < -0.39 is 0 Å². The number of amides is 1. The number of fused-ring (bicyclic) bond motifs is 1. The zero-order chi connectivity index (χ0) is 14.8. The molecule has 0 saturated carbocycles. The van der Waals surface area contributed by atoms with Gasteiger partial charge in [0.25, 0.3) is 5.91 Å². The lowest BCUT2D eigenvalue weighted by Crippen LogP contribution is -2.25. The zero-order valence-corrected chi connectivity index (χ0v) is 13.7. The lowest BCUT2D eigenvalue weighted by atomic mass is 10.2. The molecule has 0 bridgehead atoms. The maximum absolute atomic E-state index is 12.0. The highest BCUT2D eigenvalue weighted by Crippen LogP contribution is 2.14. The second-order valence-corrected chi connectivity index (χ2v) is 6.35. The Hall–Kier alpha value is -1.73. The van der Waals surface area contributed by atoms with Gasteiger partial charge in [-0.25, -0.2) is 9.50 Å². The Kier molecular flexibility index (Phi) is 4.03. The van der Waals surface area contributed by atoms with Gasteiger partial charge in [0.2, 0.25) is 4.96 Å². The SMILES string of the molecule is Cc1nc2scc(CCNC(=O)c3ccc(Br)cc3)n2n1. The van der Waals surface area contributed by atoms with E-state index in [4.69, 9.17) is 0 Å². The third-order valence-corrected chi connectivity index (χ3v) is 4.42. The van der Waals surface area contributed by atoms with Gasteiger partial charge in [0.1, 0.15) is 5.82 Å². The van der Waals surface area contributed by atoms with Gasteiger partial charge in [0.15, 0.2) is 0 Å². The Labute approximate surface area is 134 Å². The van der Waals surface area contributed by atoms with Crippen LogP contribution < -0.4 is 5.32 Å². The third-order valence-electron chi connectivity index (χ3n) is 3.03. The van der Waals surface area contributed by atoms with E-state index in [1.165, 1.54) is 0 Å². The predicted octanol–water partition coefficient (Wildman–Crippen LogP) is 2.83. The first-order valence-corrected chi connectivity index (χ1v) is 8.14. The summed E-state index contributed by atoms with van der Waals surface area (Å²) < 4.78 is 2.80. The molecule has 1 amide bonds. The molecule has 0 aliphatic rings. The molecule has 0 radical (unpaired) electrons. The van der Waals surface area contributed by atoms with Gasteiger partial charge in [-0.2, -0.15) is 5.10 Å². The Morgan fingerprint density at radius 2 is 2.14 bits per heavy atom. The number of aryl methyl sites for hydroxylation is 1. The molecule has 0 saturated heterocycles. The van der Waals surface area contributed by atoms with Crippen molar-refractivity contribution in [2.75, 3.05) is 6.54 Å². The number of hydrogen-bond acceptors (Lipinski definition) is 4. The lowest BCUT2D eigenvalue weighted by Gasteiger charge is -2.04. The van der Waals surface area contributed by atoms with E-state index >= 15 is 0 Å². The molecule has 5 nitrogen and oxygen atoms in total. The second kappa shape index (κ2) is 5.95. The summed E-state index contributed by atoms with van der Waals surface area (Å²) in [5.41, 5.74) is 1.72. The number of nitrogens with zero attached hydrogens (tertiary/aromatic N) is 3. The fourth-order valence-electron chi connectivity index (χ4n) is 2.00. The number of hydrogen-bond donors (Lipinski definition) is 1. The van der Waals surface area contributed by atoms with Gasteiger partial charge in [-0.15, -0.1) is 11.3 Å². The summed E-state index contributed by atoms with van der Waals surface area (Å²) >= 11 is 4.92. The van der Waals surface area contributed by atoms with E-state index in [1.54, 1.807) is 23.5 Å². The van der Waals surface area contributed by atoms with Crippen LogP contribution in [0.1, 0.15) is 21.9 Å². The lowest BCUT2D eigenvalue weighted by molar-refractivity contribution is 0.0954. The van der Waals surface area contributed by atoms with Crippen LogP contribution in [0.4, 0.5) is 0 Å². The number of rotatable bonds is 4. The molecule has 1 N–H and O–H groups in total. The summed E-state index contributed by atoms with van der Waals surface area (Å²) in [6, 6.07) is 7.30. The van der Waals surface area contributed by atoms with Crippen LogP contribution in [0.2, 0.25) is 0 Å². The number of carbonyl (C=O) groups is 1. The van der Waals surface area contributed by atoms with Crippen LogP contribution in [0.15, 0.2) is 34.1 Å². The van der Waals surface area contributed by atoms with Gasteiger partial charge in [0.05, 0.1) is 5.69 Å². The molecule has 3 rings (SSSR count). The van der Waals surface area contributed by atoms with E-state index in [0.717, 1.165) is 27.4 Å². The van der Waals surface area contributed by atoms with E-state index in [0.29, 0.717) is 12.1 Å². The Bertz CT molecular complexity index is 778. The number of nitrogens with one attached hydrogen (secondary N) is 1. The van der Waals surface area contributed by atoms with E-state index in [1.807, 2.05) is 29.0 Å². The smallest absolute Gasteiger partial charge is 0.251 e. The molecule has 0 unspecified atom stereocenters. The van der Waals surface area contributed by atoms with Crippen LogP contribution in [0.25, 0.3) is 4.96 Å². The van der Waals surface area contributed by atoms with Gasteiger partial charge in [-0.05, 0) is 31.2 Å². The summed E-state index contributed by atoms with van der Waals surface area (Å²) in [6.07, 6.45) is 0.727. The quantitative estimate of drug-likeness (QED) is 0.774. The van der Waals surface area contributed by atoms with Crippen molar-refractivity contribution in [2.24, 2.45) is 0 Å². The number of thiazole rings is 1. The normalized spacial score (nSPS) is 11.0. The second-order valence-electron chi connectivity index (χ2n) is 4.59. The van der Waals surface area contributed by atoms with Crippen LogP contribution >= 0.6 is 27.3 Å². The first-order chi connectivity index (χ1) is 10.1. The fourth-order valence-corrected chi connectivity index (χ4v) is 3.17. The van der Waals surface area contributed by atoms with Crippen molar-refractivity contribution < 1.29 is 4.79 Å². The van der Waals surface area contributed by atoms with Crippen LogP contribution in [-0.4, -0.2) is 27.0 Å². The van der Waals surface area contributed by atoms with Gasteiger partial charge in [-0.3, -0.25) is 4.79 Å². The topological polar surface area (TPSA) is 59.3 Å². The van der Waals surface area contributed by atoms with Crippen molar-refractivity contribution in [3.8, 4) is 0 Å². The first-order valence-electron chi connectivity index (χ1n) is 6.47. The van der Waals surface area contributed by atoms with E-state index in [-0.39, 0.29) is 5.91 Å². The molecule has 2 aromatic heterocycles. The van der Waals surface area contributed by atoms with Gasteiger partial charge < -0.3 is 5.32 Å². The Morgan fingerprint density at radius 1 is 1.38 bits per heavy atom. The number of carbonyl (C=O) groups excluding carboxylic acids is 1. The molecule has 21 heavy (non-hydrogen) atoms. The van der Waals surface area contributed by atoms with Crippen molar-refractivity contribution in [1.82, 2.24) is 19.9 Å². The molecule has 0 atom stereocenters. The highest BCUT2D eigenvalue weighted by molar-refractivity contribution is 9.10. The maximum Gasteiger partial charge on any atom is 0.251 e. The minimum Gasteiger partial charge on any atom is -0.352 e. The van der Waals surface area contributed by atoms with Crippen molar-refractivity contribution in [1.29, 1.82) is 0 Å². The molecular weight excluding hydrogens is 352 g/mol. The van der Waals surface area contributed by atoms with Gasteiger partial charge in [-0.1, -0.05) is 15.9 Å². The van der Waals surface area contributed by atoms with Crippen molar-refractivity contribution in [2.45, 2.75) is 13.3 Å². The molecule has 7 heteroatoms. The number of aromatic nitrogens is 3. The highest BCUT2D eigenvalue weighted by Gasteiger charge is 2.09.